The molecule has 0 bridgehead atoms. The third-order valence-electron chi connectivity index (χ3n) is 1.70. The number of amides is 1. The Morgan fingerprint density at radius 1 is 1.27 bits per heavy atom. The van der Waals surface area contributed by atoms with Crippen LogP contribution in [0.15, 0.2) is 24.3 Å². The van der Waals surface area contributed by atoms with E-state index in [1.54, 1.807) is 0 Å². The van der Waals surface area contributed by atoms with Gasteiger partial charge in [-0.15, -0.1) is 0 Å². The van der Waals surface area contributed by atoms with Crippen LogP contribution >= 0.6 is 0 Å². The SMILES string of the molecule is O=C1NCc2ccccc21.[Al+3]. The predicted molar refractivity (Wildman–Crippen MR) is 43.4 cm³/mol. The Balaban J connectivity index is 0.000000605. The van der Waals surface area contributed by atoms with E-state index in [4.69, 9.17) is 0 Å². The van der Waals surface area contributed by atoms with Gasteiger partial charge in [0.1, 0.15) is 0 Å². The average molecular weight is 160 g/mol. The summed E-state index contributed by atoms with van der Waals surface area (Å²) in [6.45, 7) is 0.689. The van der Waals surface area contributed by atoms with E-state index in [2.05, 4.69) is 5.32 Å². The van der Waals surface area contributed by atoms with Crippen molar-refractivity contribution in [3.63, 3.8) is 0 Å². The molecule has 0 fully saturated rings. The van der Waals surface area contributed by atoms with Gasteiger partial charge in [0.05, 0.1) is 0 Å². The third kappa shape index (κ3) is 1.30. The molecule has 0 spiro atoms. The third-order valence-corrected chi connectivity index (χ3v) is 1.70. The number of hydrogen-bond acceptors (Lipinski definition) is 1. The van der Waals surface area contributed by atoms with Gasteiger partial charge in [-0.25, -0.2) is 0 Å². The van der Waals surface area contributed by atoms with Crippen LogP contribution in [0.4, 0.5) is 0 Å². The second-order valence-corrected chi connectivity index (χ2v) is 2.34. The molecule has 0 aliphatic carbocycles. The maximum absolute atomic E-state index is 11.0. The van der Waals surface area contributed by atoms with Crippen LogP contribution in [0.25, 0.3) is 0 Å². The number of carbonyl (C=O) groups is 1. The number of carbonyl (C=O) groups excluding carboxylic acids is 1. The number of fused-ring (bicyclic) bond motifs is 1. The normalized spacial score (nSPS) is 13.3. The van der Waals surface area contributed by atoms with Crippen LogP contribution in [0, 0.1) is 0 Å². The maximum atomic E-state index is 11.0. The Labute approximate surface area is 75.7 Å². The van der Waals surface area contributed by atoms with E-state index < -0.39 is 0 Å². The summed E-state index contributed by atoms with van der Waals surface area (Å²) in [6.07, 6.45) is 0. The van der Waals surface area contributed by atoms with Gasteiger partial charge >= 0.3 is 17.4 Å². The maximum Gasteiger partial charge on any atom is 3.00 e. The van der Waals surface area contributed by atoms with Gasteiger partial charge < -0.3 is 5.32 Å². The fourth-order valence-electron chi connectivity index (χ4n) is 1.17. The molecule has 1 aliphatic heterocycles. The van der Waals surface area contributed by atoms with Crippen molar-refractivity contribution in [1.29, 1.82) is 0 Å². The van der Waals surface area contributed by atoms with Gasteiger partial charge in [-0.2, -0.15) is 0 Å². The molecule has 2 nitrogen and oxygen atoms in total. The molecule has 2 rings (SSSR count). The van der Waals surface area contributed by atoms with Gasteiger partial charge in [0.25, 0.3) is 5.91 Å². The Morgan fingerprint density at radius 3 is 2.73 bits per heavy atom. The van der Waals surface area contributed by atoms with Crippen molar-refractivity contribution in [2.24, 2.45) is 0 Å². The van der Waals surface area contributed by atoms with E-state index in [1.165, 1.54) is 0 Å². The molecule has 0 unspecified atom stereocenters. The first-order valence-electron chi connectivity index (χ1n) is 3.24. The van der Waals surface area contributed by atoms with Crippen molar-refractivity contribution in [3.8, 4) is 0 Å². The Kier molecular flexibility index (Phi) is 2.33. The van der Waals surface area contributed by atoms with Gasteiger partial charge in [-0.3, -0.25) is 4.79 Å². The molecular formula is C8H7AlNO+3. The molecule has 1 aromatic rings. The van der Waals surface area contributed by atoms with Crippen molar-refractivity contribution in [2.45, 2.75) is 6.54 Å². The fraction of sp³-hybridized carbons (Fsp3) is 0.125. The summed E-state index contributed by atoms with van der Waals surface area (Å²) in [4.78, 5) is 11.0. The molecule has 1 amide bonds. The fourth-order valence-corrected chi connectivity index (χ4v) is 1.17. The van der Waals surface area contributed by atoms with Crippen LogP contribution in [-0.4, -0.2) is 23.3 Å². The minimum Gasteiger partial charge on any atom is -0.348 e. The minimum absolute atomic E-state index is 0. The van der Waals surface area contributed by atoms with E-state index in [0.717, 1.165) is 11.1 Å². The monoisotopic (exact) mass is 160 g/mol. The number of rotatable bonds is 0. The molecule has 0 saturated carbocycles. The molecule has 1 heterocycles. The molecule has 1 aromatic carbocycles. The zero-order valence-electron chi connectivity index (χ0n) is 6.00. The minimum atomic E-state index is 0. The average Bonchev–Trinajstić information content (AvgIpc) is 2.34. The van der Waals surface area contributed by atoms with Crippen LogP contribution < -0.4 is 5.32 Å². The molecule has 1 aliphatic rings. The van der Waals surface area contributed by atoms with Crippen LogP contribution in [0.1, 0.15) is 15.9 Å². The summed E-state index contributed by atoms with van der Waals surface area (Å²) in [6, 6.07) is 7.63. The first kappa shape index (κ1) is 8.32. The summed E-state index contributed by atoms with van der Waals surface area (Å²) in [5, 5.41) is 2.75. The second-order valence-electron chi connectivity index (χ2n) is 2.34. The van der Waals surface area contributed by atoms with Crippen LogP contribution in [-0.2, 0) is 6.54 Å². The van der Waals surface area contributed by atoms with Crippen molar-refractivity contribution in [3.05, 3.63) is 35.4 Å². The molecule has 0 atom stereocenters. The predicted octanol–water partition coefficient (Wildman–Crippen LogP) is 0.549. The van der Waals surface area contributed by atoms with Crippen molar-refractivity contribution in [1.82, 2.24) is 5.32 Å². The van der Waals surface area contributed by atoms with E-state index in [0.29, 0.717) is 6.54 Å². The van der Waals surface area contributed by atoms with E-state index >= 15 is 0 Å². The summed E-state index contributed by atoms with van der Waals surface area (Å²) in [7, 11) is 0. The summed E-state index contributed by atoms with van der Waals surface area (Å²) >= 11 is 0. The van der Waals surface area contributed by atoms with Crippen LogP contribution in [0.3, 0.4) is 0 Å². The number of nitrogens with one attached hydrogen (secondary N) is 1. The van der Waals surface area contributed by atoms with Crippen LogP contribution in [0.5, 0.6) is 0 Å². The van der Waals surface area contributed by atoms with Crippen LogP contribution in [0.2, 0.25) is 0 Å². The summed E-state index contributed by atoms with van der Waals surface area (Å²) in [5.41, 5.74) is 1.93. The summed E-state index contributed by atoms with van der Waals surface area (Å²) < 4.78 is 0. The van der Waals surface area contributed by atoms with Crippen molar-refractivity contribution >= 4 is 23.3 Å². The van der Waals surface area contributed by atoms with Crippen molar-refractivity contribution < 1.29 is 4.79 Å². The van der Waals surface area contributed by atoms with Gasteiger partial charge in [0.15, 0.2) is 0 Å². The van der Waals surface area contributed by atoms with Gasteiger partial charge in [0.2, 0.25) is 0 Å². The molecule has 0 aromatic heterocycles. The number of hydrogen-bond donors (Lipinski definition) is 1. The quantitative estimate of drug-likeness (QED) is 0.552. The van der Waals surface area contributed by atoms with E-state index in [1.807, 2.05) is 24.3 Å². The first-order chi connectivity index (χ1) is 4.88. The molecule has 11 heavy (non-hydrogen) atoms. The zero-order chi connectivity index (χ0) is 6.97. The Hall–Kier alpha value is -0.778. The Bertz CT molecular complexity index is 285. The summed E-state index contributed by atoms with van der Waals surface area (Å²) in [5.74, 6) is 0.0515. The number of benzene rings is 1. The molecule has 0 saturated heterocycles. The Morgan fingerprint density at radius 2 is 2.00 bits per heavy atom. The second kappa shape index (κ2) is 3.08. The molecule has 1 N–H and O–H groups in total. The molecular weight excluding hydrogens is 153 g/mol. The smallest absolute Gasteiger partial charge is 0.348 e. The van der Waals surface area contributed by atoms with Crippen molar-refractivity contribution in [2.75, 3.05) is 0 Å². The molecule has 50 valence electrons. The molecule has 3 heteroatoms. The largest absolute Gasteiger partial charge is 3.00 e. The van der Waals surface area contributed by atoms with Gasteiger partial charge in [-0.05, 0) is 11.6 Å². The zero-order valence-corrected chi connectivity index (χ0v) is 7.16. The topological polar surface area (TPSA) is 29.1 Å². The molecule has 0 radical (unpaired) electrons. The van der Waals surface area contributed by atoms with Gasteiger partial charge in [-0.1, -0.05) is 18.2 Å². The van der Waals surface area contributed by atoms with Gasteiger partial charge in [0, 0.05) is 12.1 Å². The standard InChI is InChI=1S/C8H7NO.Al/c10-8-7-4-2-1-3-6(7)5-9-8;/h1-4H,5H2,(H,9,10);/q;+3. The first-order valence-corrected chi connectivity index (χ1v) is 3.24. The van der Waals surface area contributed by atoms with E-state index in [9.17, 15) is 4.79 Å². The van der Waals surface area contributed by atoms with E-state index in [-0.39, 0.29) is 23.3 Å².